The monoisotopic (exact) mass is 321 g/mol. The smallest absolute Gasteiger partial charge is 0.374 e. The normalized spacial score (nSPS) is 14.3. The van der Waals surface area contributed by atoms with E-state index in [1.807, 2.05) is 6.07 Å². The summed E-state index contributed by atoms with van der Waals surface area (Å²) in [6, 6.07) is 3.37. The molecule has 5 nitrogen and oxygen atoms in total. The van der Waals surface area contributed by atoms with E-state index in [1.54, 1.807) is 7.11 Å². The summed E-state index contributed by atoms with van der Waals surface area (Å²) in [6.45, 7) is 0. The Kier molecular flexibility index (Phi) is 4.07. The second kappa shape index (κ2) is 6.01. The molecule has 0 atom stereocenters. The van der Waals surface area contributed by atoms with E-state index in [2.05, 4.69) is 5.16 Å². The van der Waals surface area contributed by atoms with Crippen LogP contribution in [0.3, 0.4) is 0 Å². The van der Waals surface area contributed by atoms with Crippen LogP contribution in [0.25, 0.3) is 11.3 Å². The van der Waals surface area contributed by atoms with E-state index in [1.165, 1.54) is 11.6 Å². The second-order valence-electron chi connectivity index (χ2n) is 5.35. The number of aromatic nitrogens is 1. The van der Waals surface area contributed by atoms with Crippen LogP contribution < -0.4 is 4.74 Å². The molecule has 1 aliphatic rings. The molecular formula is C16H16ClNO4. The molecule has 0 bridgehead atoms. The van der Waals surface area contributed by atoms with E-state index in [0.29, 0.717) is 16.5 Å². The van der Waals surface area contributed by atoms with Gasteiger partial charge in [-0.1, -0.05) is 23.2 Å². The molecule has 0 saturated carbocycles. The Bertz CT molecular complexity index is 723. The highest BCUT2D eigenvalue weighted by Gasteiger charge is 2.24. The first-order valence-corrected chi connectivity index (χ1v) is 7.58. The van der Waals surface area contributed by atoms with Crippen molar-refractivity contribution in [3.63, 3.8) is 0 Å². The van der Waals surface area contributed by atoms with Crippen LogP contribution in [-0.4, -0.2) is 23.3 Å². The first kappa shape index (κ1) is 14.9. The van der Waals surface area contributed by atoms with Crippen molar-refractivity contribution < 1.29 is 19.2 Å². The van der Waals surface area contributed by atoms with Crippen molar-refractivity contribution in [3.8, 4) is 17.0 Å². The summed E-state index contributed by atoms with van der Waals surface area (Å²) in [7, 11) is 1.55. The number of rotatable bonds is 3. The first-order chi connectivity index (χ1) is 10.6. The van der Waals surface area contributed by atoms with E-state index in [-0.39, 0.29) is 5.76 Å². The van der Waals surface area contributed by atoms with Crippen LogP contribution in [0.5, 0.6) is 5.75 Å². The minimum atomic E-state index is -1.15. The molecule has 0 aliphatic heterocycles. The maximum absolute atomic E-state index is 11.0. The van der Waals surface area contributed by atoms with Crippen LogP contribution in [0, 0.1) is 0 Å². The third-order valence-corrected chi connectivity index (χ3v) is 4.27. The molecule has 0 unspecified atom stereocenters. The van der Waals surface area contributed by atoms with Crippen LogP contribution in [0.4, 0.5) is 0 Å². The van der Waals surface area contributed by atoms with Crippen molar-refractivity contribution in [2.45, 2.75) is 32.1 Å². The minimum absolute atomic E-state index is 0.195. The fourth-order valence-electron chi connectivity index (χ4n) is 2.99. The van der Waals surface area contributed by atoms with Gasteiger partial charge in [0.15, 0.2) is 0 Å². The molecule has 1 heterocycles. The van der Waals surface area contributed by atoms with Gasteiger partial charge in [-0.25, -0.2) is 4.79 Å². The van der Waals surface area contributed by atoms with E-state index >= 15 is 0 Å². The molecule has 1 N–H and O–H groups in total. The van der Waals surface area contributed by atoms with Gasteiger partial charge < -0.3 is 14.4 Å². The molecule has 0 spiro atoms. The lowest BCUT2D eigenvalue weighted by Crippen LogP contribution is -2.00. The highest BCUT2D eigenvalue weighted by Crippen LogP contribution is 2.42. The fraction of sp³-hybridized carbons (Fsp3) is 0.375. The zero-order valence-electron chi connectivity index (χ0n) is 12.2. The van der Waals surface area contributed by atoms with Gasteiger partial charge in [0, 0.05) is 6.07 Å². The van der Waals surface area contributed by atoms with Gasteiger partial charge in [0.2, 0.25) is 5.76 Å². The second-order valence-corrected chi connectivity index (χ2v) is 5.75. The molecule has 22 heavy (non-hydrogen) atoms. The van der Waals surface area contributed by atoms with Crippen LogP contribution in [-0.2, 0) is 12.8 Å². The number of halogens is 1. The lowest BCUT2D eigenvalue weighted by molar-refractivity contribution is 0.0652. The molecule has 0 amide bonds. The number of ether oxygens (including phenoxy) is 1. The number of fused-ring (bicyclic) bond motifs is 1. The molecule has 116 valence electrons. The zero-order valence-corrected chi connectivity index (χ0v) is 12.9. The number of nitrogens with zero attached hydrogens (tertiary/aromatic N) is 1. The van der Waals surface area contributed by atoms with E-state index in [9.17, 15) is 4.79 Å². The average Bonchev–Trinajstić information content (AvgIpc) is 2.86. The number of benzene rings is 1. The number of carbonyl (C=O) groups is 1. The van der Waals surface area contributed by atoms with Crippen molar-refractivity contribution in [1.82, 2.24) is 5.16 Å². The molecule has 6 heteroatoms. The maximum Gasteiger partial charge on any atom is 0.374 e. The van der Waals surface area contributed by atoms with Gasteiger partial charge in [0.25, 0.3) is 0 Å². The number of carboxylic acid groups (broad SMARTS) is 1. The lowest BCUT2D eigenvalue weighted by atomic mass is 9.94. The molecule has 1 aliphatic carbocycles. The number of carboxylic acids is 1. The van der Waals surface area contributed by atoms with Gasteiger partial charge in [-0.2, -0.15) is 0 Å². The number of aromatic carboxylic acids is 1. The number of hydrogen-bond acceptors (Lipinski definition) is 4. The van der Waals surface area contributed by atoms with Crippen molar-refractivity contribution >= 4 is 17.6 Å². The van der Waals surface area contributed by atoms with Crippen molar-refractivity contribution in [2.24, 2.45) is 0 Å². The third-order valence-electron chi connectivity index (χ3n) is 3.99. The Labute approximate surface area is 132 Å². The average molecular weight is 322 g/mol. The maximum atomic E-state index is 11.0. The van der Waals surface area contributed by atoms with Crippen LogP contribution >= 0.6 is 11.6 Å². The van der Waals surface area contributed by atoms with Gasteiger partial charge in [-0.3, -0.25) is 0 Å². The summed E-state index contributed by atoms with van der Waals surface area (Å²) in [6.07, 6.45) is 5.21. The Balaban J connectivity index is 2.22. The van der Waals surface area contributed by atoms with E-state index in [4.69, 9.17) is 26.0 Å². The third kappa shape index (κ3) is 2.57. The van der Waals surface area contributed by atoms with E-state index in [0.717, 1.165) is 43.2 Å². The predicted octanol–water partition coefficient (Wildman–Crippen LogP) is 3.97. The predicted molar refractivity (Wildman–Crippen MR) is 81.7 cm³/mol. The zero-order chi connectivity index (χ0) is 15.7. The highest BCUT2D eigenvalue weighted by atomic mass is 35.5. The molecule has 0 saturated heterocycles. The lowest BCUT2D eigenvalue weighted by Gasteiger charge is -2.16. The standard InChI is InChI=1S/C16H16ClNO4/c1-21-15-11(17)7-9-5-3-2-4-6-10(9)14(15)12-8-13(16(19)20)22-18-12/h7-8H,2-6H2,1H3,(H,19,20). The molecule has 1 aromatic carbocycles. The summed E-state index contributed by atoms with van der Waals surface area (Å²) in [4.78, 5) is 11.0. The Morgan fingerprint density at radius 2 is 2.09 bits per heavy atom. The molecule has 0 radical (unpaired) electrons. The SMILES string of the molecule is COc1c(Cl)cc2c(c1-c1cc(C(=O)O)on1)CCCCC2. The fourth-order valence-corrected chi connectivity index (χ4v) is 3.29. The van der Waals surface area contributed by atoms with Crippen LogP contribution in [0.1, 0.15) is 40.9 Å². The molecule has 0 fully saturated rings. The quantitative estimate of drug-likeness (QED) is 0.866. The molecule has 2 aromatic rings. The molecule has 3 rings (SSSR count). The summed E-state index contributed by atoms with van der Waals surface area (Å²) >= 11 is 6.34. The summed E-state index contributed by atoms with van der Waals surface area (Å²) in [5.41, 5.74) is 3.51. The van der Waals surface area contributed by atoms with Gasteiger partial charge >= 0.3 is 5.97 Å². The molecular weight excluding hydrogens is 306 g/mol. The Morgan fingerprint density at radius 1 is 1.32 bits per heavy atom. The first-order valence-electron chi connectivity index (χ1n) is 7.20. The van der Waals surface area contributed by atoms with Crippen LogP contribution in [0.2, 0.25) is 5.02 Å². The summed E-state index contributed by atoms with van der Waals surface area (Å²) in [5.74, 6) is -0.821. The summed E-state index contributed by atoms with van der Waals surface area (Å²) in [5, 5.41) is 13.4. The van der Waals surface area contributed by atoms with Crippen molar-refractivity contribution in [1.29, 1.82) is 0 Å². The largest absolute Gasteiger partial charge is 0.494 e. The van der Waals surface area contributed by atoms with Crippen molar-refractivity contribution in [3.05, 3.63) is 34.0 Å². The van der Waals surface area contributed by atoms with Gasteiger partial charge in [0.05, 0.1) is 17.7 Å². The number of methoxy groups -OCH3 is 1. The topological polar surface area (TPSA) is 72.6 Å². The highest BCUT2D eigenvalue weighted by molar-refractivity contribution is 6.32. The van der Waals surface area contributed by atoms with E-state index < -0.39 is 5.97 Å². The Morgan fingerprint density at radius 3 is 2.77 bits per heavy atom. The Hall–Kier alpha value is -2.01. The van der Waals surface area contributed by atoms with Gasteiger partial charge in [-0.05, 0) is 42.9 Å². The number of hydrogen-bond donors (Lipinski definition) is 1. The van der Waals surface area contributed by atoms with Gasteiger partial charge in [-0.15, -0.1) is 0 Å². The number of aryl methyl sites for hydroxylation is 1. The molecule has 1 aromatic heterocycles. The van der Waals surface area contributed by atoms with Gasteiger partial charge in [0.1, 0.15) is 11.4 Å². The minimum Gasteiger partial charge on any atom is -0.494 e. The van der Waals surface area contributed by atoms with Crippen LogP contribution in [0.15, 0.2) is 16.7 Å². The summed E-state index contributed by atoms with van der Waals surface area (Å²) < 4.78 is 10.3. The van der Waals surface area contributed by atoms with Crippen molar-refractivity contribution in [2.75, 3.05) is 7.11 Å².